The number of benzene rings is 2. The number of hydrogen-bond acceptors (Lipinski definition) is 6. The lowest BCUT2D eigenvalue weighted by atomic mass is 9.70. The minimum atomic E-state index is -3.54. The zero-order chi connectivity index (χ0) is 22.6. The van der Waals surface area contributed by atoms with Gasteiger partial charge in [0.2, 0.25) is 10.0 Å². The Morgan fingerprint density at radius 1 is 0.938 bits per heavy atom. The Hall–Kier alpha value is -2.94. The molecule has 0 atom stereocenters. The normalized spacial score (nSPS) is 16.5. The largest absolute Gasteiger partial charge is 0.388 e. The highest BCUT2D eigenvalue weighted by Crippen LogP contribution is 2.39. The summed E-state index contributed by atoms with van der Waals surface area (Å²) in [7, 11) is -3.54. The molecule has 0 radical (unpaired) electrons. The number of aromatic nitrogens is 2. The van der Waals surface area contributed by atoms with Crippen molar-refractivity contribution < 1.29 is 18.3 Å². The molecule has 1 saturated heterocycles. The van der Waals surface area contributed by atoms with Crippen LogP contribution in [-0.4, -0.2) is 53.3 Å². The van der Waals surface area contributed by atoms with Crippen LogP contribution in [0.4, 0.5) is 0 Å². The second-order valence-corrected chi connectivity index (χ2v) is 9.95. The number of rotatable bonds is 7. The van der Waals surface area contributed by atoms with E-state index < -0.39 is 22.4 Å². The molecular weight excluding hydrogens is 426 g/mol. The zero-order valence-corrected chi connectivity index (χ0v) is 18.4. The van der Waals surface area contributed by atoms with Gasteiger partial charge in [-0.25, -0.2) is 18.4 Å². The molecule has 166 valence electrons. The van der Waals surface area contributed by atoms with Gasteiger partial charge in [-0.3, -0.25) is 4.79 Å². The van der Waals surface area contributed by atoms with E-state index in [4.69, 9.17) is 5.11 Å². The average Bonchev–Trinajstić information content (AvgIpc) is 2.85. The van der Waals surface area contributed by atoms with Crippen molar-refractivity contribution in [1.29, 1.82) is 0 Å². The summed E-state index contributed by atoms with van der Waals surface area (Å²) >= 11 is 0. The van der Waals surface area contributed by atoms with Crippen molar-refractivity contribution in [2.75, 3.05) is 19.7 Å². The number of ketones is 1. The summed E-state index contributed by atoms with van der Waals surface area (Å²) in [6, 6.07) is 18.5. The SMILES string of the molecule is O=C(CO)c1cnc(CC2(c3ccccc3)CCN(S(=O)(=O)c3ccccc3)CC2)nc1. The van der Waals surface area contributed by atoms with Crippen LogP contribution >= 0.6 is 0 Å². The number of Topliss-reactive ketones (excluding diaryl/α,β-unsaturated/α-hetero) is 1. The van der Waals surface area contributed by atoms with Crippen LogP contribution < -0.4 is 0 Å². The maximum Gasteiger partial charge on any atom is 0.243 e. The predicted molar refractivity (Wildman–Crippen MR) is 120 cm³/mol. The summed E-state index contributed by atoms with van der Waals surface area (Å²) in [5, 5.41) is 9.02. The molecule has 2 aromatic carbocycles. The third kappa shape index (κ3) is 4.48. The van der Waals surface area contributed by atoms with Crippen LogP contribution in [0.15, 0.2) is 78.0 Å². The van der Waals surface area contributed by atoms with Crippen molar-refractivity contribution in [1.82, 2.24) is 14.3 Å². The number of piperidine rings is 1. The predicted octanol–water partition coefficient (Wildman–Crippen LogP) is 2.62. The molecule has 1 N–H and O–H groups in total. The average molecular weight is 452 g/mol. The molecule has 1 aliphatic rings. The Bertz CT molecular complexity index is 1160. The van der Waals surface area contributed by atoms with E-state index >= 15 is 0 Å². The van der Waals surface area contributed by atoms with E-state index in [1.807, 2.05) is 18.2 Å². The lowest BCUT2D eigenvalue weighted by molar-refractivity contribution is 0.0903. The van der Waals surface area contributed by atoms with Crippen LogP contribution in [0, 0.1) is 0 Å². The molecule has 1 aliphatic heterocycles. The van der Waals surface area contributed by atoms with Crippen LogP contribution in [-0.2, 0) is 21.9 Å². The van der Waals surface area contributed by atoms with Gasteiger partial charge in [-0.1, -0.05) is 48.5 Å². The maximum atomic E-state index is 13.1. The number of nitrogens with zero attached hydrogens (tertiary/aromatic N) is 3. The van der Waals surface area contributed by atoms with Crippen molar-refractivity contribution in [2.45, 2.75) is 29.6 Å². The Labute approximate surface area is 187 Å². The summed E-state index contributed by atoms with van der Waals surface area (Å²) in [6.45, 7) is 0.211. The van der Waals surface area contributed by atoms with Crippen molar-refractivity contribution >= 4 is 15.8 Å². The first-order chi connectivity index (χ1) is 15.4. The molecule has 0 aliphatic carbocycles. The van der Waals surface area contributed by atoms with Gasteiger partial charge in [0.25, 0.3) is 0 Å². The Morgan fingerprint density at radius 2 is 1.50 bits per heavy atom. The number of aliphatic hydroxyl groups excluding tert-OH is 1. The summed E-state index contributed by atoms with van der Waals surface area (Å²) < 4.78 is 27.7. The smallest absolute Gasteiger partial charge is 0.243 e. The number of hydrogen-bond donors (Lipinski definition) is 1. The van der Waals surface area contributed by atoms with Crippen LogP contribution in [0.1, 0.15) is 34.6 Å². The Balaban J connectivity index is 1.59. The third-order valence-electron chi connectivity index (χ3n) is 6.11. The summed E-state index contributed by atoms with van der Waals surface area (Å²) in [6.07, 6.45) is 4.67. The molecule has 0 bridgehead atoms. The topological polar surface area (TPSA) is 100 Å². The molecule has 1 aromatic heterocycles. The van der Waals surface area contributed by atoms with E-state index in [1.165, 1.54) is 12.4 Å². The van der Waals surface area contributed by atoms with Gasteiger partial charge in [0.15, 0.2) is 5.78 Å². The number of sulfonamides is 1. The van der Waals surface area contributed by atoms with Crippen LogP contribution in [0.3, 0.4) is 0 Å². The number of carbonyl (C=O) groups excluding carboxylic acids is 1. The van der Waals surface area contributed by atoms with Gasteiger partial charge in [0.1, 0.15) is 12.4 Å². The van der Waals surface area contributed by atoms with Gasteiger partial charge >= 0.3 is 0 Å². The second-order valence-electron chi connectivity index (χ2n) is 8.01. The van der Waals surface area contributed by atoms with Gasteiger partial charge in [0, 0.05) is 37.3 Å². The van der Waals surface area contributed by atoms with E-state index in [2.05, 4.69) is 22.1 Å². The van der Waals surface area contributed by atoms with E-state index in [0.717, 1.165) is 5.56 Å². The van der Waals surface area contributed by atoms with E-state index in [9.17, 15) is 13.2 Å². The maximum absolute atomic E-state index is 13.1. The molecule has 3 aromatic rings. The summed E-state index contributed by atoms with van der Waals surface area (Å²) in [4.78, 5) is 20.7. The molecule has 8 heteroatoms. The fourth-order valence-electron chi connectivity index (χ4n) is 4.24. The minimum Gasteiger partial charge on any atom is -0.388 e. The molecule has 2 heterocycles. The van der Waals surface area contributed by atoms with Gasteiger partial charge in [-0.05, 0) is 30.5 Å². The fourth-order valence-corrected chi connectivity index (χ4v) is 5.70. The molecular formula is C24H25N3O4S. The molecule has 0 unspecified atom stereocenters. The third-order valence-corrected chi connectivity index (χ3v) is 8.03. The molecule has 0 amide bonds. The summed E-state index contributed by atoms with van der Waals surface area (Å²) in [5.41, 5.74) is 1.08. The molecule has 32 heavy (non-hydrogen) atoms. The van der Waals surface area contributed by atoms with Crippen molar-refractivity contribution in [3.63, 3.8) is 0 Å². The highest BCUT2D eigenvalue weighted by atomic mass is 32.2. The standard InChI is InChI=1S/C24H25N3O4S/c28-18-22(29)19-16-25-23(26-17-19)15-24(20-7-3-1-4-8-20)11-13-27(14-12-24)32(30,31)21-9-5-2-6-10-21/h1-10,16-17,28H,11-15,18H2. The van der Waals surface area contributed by atoms with Crippen LogP contribution in [0.25, 0.3) is 0 Å². The first kappa shape index (κ1) is 22.3. The number of carbonyl (C=O) groups is 1. The highest BCUT2D eigenvalue weighted by molar-refractivity contribution is 7.89. The summed E-state index contributed by atoms with van der Waals surface area (Å²) in [5.74, 6) is 0.163. The van der Waals surface area contributed by atoms with E-state index in [-0.39, 0.29) is 11.0 Å². The van der Waals surface area contributed by atoms with Gasteiger partial charge in [-0.2, -0.15) is 4.31 Å². The monoisotopic (exact) mass is 451 g/mol. The molecule has 1 fully saturated rings. The highest BCUT2D eigenvalue weighted by Gasteiger charge is 2.40. The first-order valence-electron chi connectivity index (χ1n) is 10.5. The van der Waals surface area contributed by atoms with E-state index in [1.54, 1.807) is 34.6 Å². The first-order valence-corrected chi connectivity index (χ1v) is 11.9. The van der Waals surface area contributed by atoms with Crippen molar-refractivity contribution in [2.24, 2.45) is 0 Å². The van der Waals surface area contributed by atoms with Crippen molar-refractivity contribution in [3.8, 4) is 0 Å². The van der Waals surface area contributed by atoms with E-state index in [0.29, 0.717) is 43.1 Å². The Kier molecular flexibility index (Phi) is 6.45. The molecule has 4 rings (SSSR count). The van der Waals surface area contributed by atoms with Gasteiger partial charge in [0.05, 0.1) is 10.5 Å². The van der Waals surface area contributed by atoms with Gasteiger partial charge in [-0.15, -0.1) is 0 Å². The fraction of sp³-hybridized carbons (Fsp3) is 0.292. The molecule has 0 spiro atoms. The van der Waals surface area contributed by atoms with Crippen LogP contribution in [0.5, 0.6) is 0 Å². The number of aliphatic hydroxyl groups is 1. The lowest BCUT2D eigenvalue weighted by Crippen LogP contribution is -2.46. The quantitative estimate of drug-likeness (QED) is 0.554. The second kappa shape index (κ2) is 9.28. The molecule has 0 saturated carbocycles. The van der Waals surface area contributed by atoms with Crippen LogP contribution in [0.2, 0.25) is 0 Å². The minimum absolute atomic E-state index is 0.272. The Morgan fingerprint density at radius 3 is 2.06 bits per heavy atom. The zero-order valence-electron chi connectivity index (χ0n) is 17.6. The lowest BCUT2D eigenvalue weighted by Gasteiger charge is -2.41. The van der Waals surface area contributed by atoms with Gasteiger partial charge < -0.3 is 5.11 Å². The van der Waals surface area contributed by atoms with Crippen molar-refractivity contribution in [3.05, 3.63) is 90.0 Å². The molecule has 7 nitrogen and oxygen atoms in total.